The summed E-state index contributed by atoms with van der Waals surface area (Å²) < 4.78 is 7.37. The van der Waals surface area contributed by atoms with Crippen LogP contribution in [-0.2, 0) is 16.1 Å². The lowest BCUT2D eigenvalue weighted by Gasteiger charge is -2.13. The lowest BCUT2D eigenvalue weighted by molar-refractivity contribution is -0.119. The van der Waals surface area contributed by atoms with Crippen LogP contribution in [0.5, 0.6) is 0 Å². The summed E-state index contributed by atoms with van der Waals surface area (Å²) in [4.78, 5) is 27.5. The van der Waals surface area contributed by atoms with Crippen LogP contribution in [0.1, 0.15) is 20.3 Å². The van der Waals surface area contributed by atoms with Gasteiger partial charge in [-0.15, -0.1) is 10.2 Å². The molecule has 0 aliphatic heterocycles. The molecular weight excluding hydrogens is 368 g/mol. The average molecular weight is 392 g/mol. The second-order valence-electron chi connectivity index (χ2n) is 5.57. The van der Waals surface area contributed by atoms with Gasteiger partial charge in [0.15, 0.2) is 11.0 Å². The Labute approximate surface area is 162 Å². The number of carbonyl (C=O) groups is 2. The fraction of sp³-hybridized carbons (Fsp3) is 0.471. The van der Waals surface area contributed by atoms with Crippen LogP contribution in [-0.4, -0.2) is 57.2 Å². The third-order valence-electron chi connectivity index (χ3n) is 3.65. The van der Waals surface area contributed by atoms with Gasteiger partial charge < -0.3 is 14.6 Å². The monoisotopic (exact) mass is 392 g/mol. The number of nitrogens with one attached hydrogen (secondary N) is 2. The Kier molecular flexibility index (Phi) is 8.21. The van der Waals surface area contributed by atoms with Crippen molar-refractivity contribution in [1.82, 2.24) is 30.4 Å². The van der Waals surface area contributed by atoms with E-state index < -0.39 is 17.2 Å². The van der Waals surface area contributed by atoms with Crippen molar-refractivity contribution < 1.29 is 14.3 Å². The van der Waals surface area contributed by atoms with Crippen LogP contribution < -0.4 is 10.6 Å². The Hall–Kier alpha value is -2.46. The molecule has 0 aliphatic rings. The molecule has 2 rings (SSSR count). The number of amides is 3. The molecule has 0 radical (unpaired) electrons. The van der Waals surface area contributed by atoms with Crippen molar-refractivity contribution in [1.29, 1.82) is 0 Å². The van der Waals surface area contributed by atoms with Crippen LogP contribution in [0.2, 0.25) is 0 Å². The first-order valence-corrected chi connectivity index (χ1v) is 9.55. The first-order chi connectivity index (χ1) is 13.1. The maximum atomic E-state index is 12.1. The van der Waals surface area contributed by atoms with Gasteiger partial charge in [-0.3, -0.25) is 15.1 Å². The molecule has 10 heteroatoms. The van der Waals surface area contributed by atoms with Crippen LogP contribution in [0.3, 0.4) is 0 Å². The molecule has 146 valence electrons. The Bertz CT molecular complexity index is 752. The van der Waals surface area contributed by atoms with Crippen LogP contribution in [0.25, 0.3) is 11.4 Å². The zero-order valence-electron chi connectivity index (χ0n) is 15.6. The lowest BCUT2D eigenvalue weighted by Crippen LogP contribution is -2.41. The maximum absolute atomic E-state index is 12.1. The predicted octanol–water partition coefficient (Wildman–Crippen LogP) is 1.70. The molecule has 3 amide bonds. The minimum atomic E-state index is -0.539. The molecule has 0 saturated carbocycles. The number of carbonyl (C=O) groups excluding carboxylic acids is 2. The predicted molar refractivity (Wildman–Crippen MR) is 102 cm³/mol. The highest BCUT2D eigenvalue weighted by Gasteiger charge is 2.21. The largest absolute Gasteiger partial charge is 0.382 e. The highest BCUT2D eigenvalue weighted by atomic mass is 32.2. The summed E-state index contributed by atoms with van der Waals surface area (Å²) in [6, 6.07) is 3.18. The van der Waals surface area contributed by atoms with Gasteiger partial charge in [0.1, 0.15) is 0 Å². The number of pyridine rings is 1. The van der Waals surface area contributed by atoms with Gasteiger partial charge in [-0.05, 0) is 32.4 Å². The quantitative estimate of drug-likeness (QED) is 0.493. The standard InChI is InChI=1S/C17H24N6O3S/c1-4-26-11-5-10-23-14(13-6-8-19-9-7-13)21-22-17(23)27-12(2)15(24)20-16(25)18-3/h6-9,12H,4-5,10-11H2,1-3H3,(H2,18,20,24,25)/t12-/m0/s1. The Balaban J connectivity index is 2.18. The van der Waals surface area contributed by atoms with E-state index >= 15 is 0 Å². The molecule has 2 aromatic heterocycles. The molecule has 0 spiro atoms. The zero-order chi connectivity index (χ0) is 19.6. The van der Waals surface area contributed by atoms with E-state index in [1.54, 1.807) is 19.3 Å². The second-order valence-corrected chi connectivity index (χ2v) is 6.88. The number of ether oxygens (including phenoxy) is 1. The topological polar surface area (TPSA) is 111 Å². The van der Waals surface area contributed by atoms with E-state index in [-0.39, 0.29) is 0 Å². The summed E-state index contributed by atoms with van der Waals surface area (Å²) in [5.74, 6) is 0.309. The molecule has 0 unspecified atom stereocenters. The number of hydrogen-bond donors (Lipinski definition) is 2. The number of imide groups is 1. The first-order valence-electron chi connectivity index (χ1n) is 8.67. The van der Waals surface area contributed by atoms with Gasteiger partial charge in [0.25, 0.3) is 0 Å². The van der Waals surface area contributed by atoms with Crippen molar-refractivity contribution in [2.24, 2.45) is 0 Å². The van der Waals surface area contributed by atoms with Gasteiger partial charge in [-0.2, -0.15) is 0 Å². The van der Waals surface area contributed by atoms with Gasteiger partial charge >= 0.3 is 6.03 Å². The molecule has 27 heavy (non-hydrogen) atoms. The molecule has 9 nitrogen and oxygen atoms in total. The molecule has 0 saturated heterocycles. The molecular formula is C17H24N6O3S. The highest BCUT2D eigenvalue weighted by Crippen LogP contribution is 2.27. The number of nitrogens with zero attached hydrogens (tertiary/aromatic N) is 4. The summed E-state index contributed by atoms with van der Waals surface area (Å²) in [6.45, 7) is 5.61. The van der Waals surface area contributed by atoms with Crippen molar-refractivity contribution >= 4 is 23.7 Å². The normalized spacial score (nSPS) is 11.8. The van der Waals surface area contributed by atoms with E-state index in [9.17, 15) is 9.59 Å². The molecule has 0 fully saturated rings. The van der Waals surface area contributed by atoms with E-state index in [0.29, 0.717) is 30.7 Å². The summed E-state index contributed by atoms with van der Waals surface area (Å²) in [5, 5.41) is 13.3. The fourth-order valence-electron chi connectivity index (χ4n) is 2.25. The maximum Gasteiger partial charge on any atom is 0.321 e. The number of thioether (sulfide) groups is 1. The average Bonchev–Trinajstić information content (AvgIpc) is 3.08. The van der Waals surface area contributed by atoms with Gasteiger partial charge in [-0.1, -0.05) is 11.8 Å². The smallest absolute Gasteiger partial charge is 0.321 e. The van der Waals surface area contributed by atoms with E-state index in [2.05, 4.69) is 25.8 Å². The van der Waals surface area contributed by atoms with Crippen molar-refractivity contribution in [2.75, 3.05) is 20.3 Å². The summed E-state index contributed by atoms with van der Waals surface area (Å²) >= 11 is 1.25. The minimum Gasteiger partial charge on any atom is -0.382 e. The van der Waals surface area contributed by atoms with Gasteiger partial charge in [0.2, 0.25) is 5.91 Å². The van der Waals surface area contributed by atoms with Crippen LogP contribution in [0.15, 0.2) is 29.7 Å². The van der Waals surface area contributed by atoms with E-state index in [1.807, 2.05) is 23.6 Å². The van der Waals surface area contributed by atoms with Crippen molar-refractivity contribution in [2.45, 2.75) is 37.2 Å². The lowest BCUT2D eigenvalue weighted by atomic mass is 10.2. The van der Waals surface area contributed by atoms with Gasteiger partial charge in [0.05, 0.1) is 5.25 Å². The number of rotatable bonds is 9. The minimum absolute atomic E-state index is 0.395. The number of aromatic nitrogens is 4. The van der Waals surface area contributed by atoms with E-state index in [1.165, 1.54) is 18.8 Å². The van der Waals surface area contributed by atoms with Crippen LogP contribution >= 0.6 is 11.8 Å². The molecule has 0 aliphatic carbocycles. The van der Waals surface area contributed by atoms with Crippen LogP contribution in [0, 0.1) is 0 Å². The Morgan fingerprint density at radius 2 is 2.04 bits per heavy atom. The van der Waals surface area contributed by atoms with Crippen molar-refractivity contribution in [3.05, 3.63) is 24.5 Å². The van der Waals surface area contributed by atoms with E-state index in [0.717, 1.165) is 12.0 Å². The Morgan fingerprint density at radius 1 is 1.30 bits per heavy atom. The zero-order valence-corrected chi connectivity index (χ0v) is 16.5. The molecule has 2 aromatic rings. The number of urea groups is 1. The molecule has 0 aromatic carbocycles. The molecule has 2 N–H and O–H groups in total. The van der Waals surface area contributed by atoms with Gasteiger partial charge in [-0.25, -0.2) is 4.79 Å². The van der Waals surface area contributed by atoms with E-state index in [4.69, 9.17) is 4.74 Å². The highest BCUT2D eigenvalue weighted by molar-refractivity contribution is 8.00. The summed E-state index contributed by atoms with van der Waals surface area (Å²) in [7, 11) is 1.45. The summed E-state index contributed by atoms with van der Waals surface area (Å²) in [5.41, 5.74) is 0.892. The third kappa shape index (κ3) is 6.04. The van der Waals surface area contributed by atoms with Gasteiger partial charge in [0, 0.05) is 44.8 Å². The molecule has 0 bridgehead atoms. The number of hydrogen-bond acceptors (Lipinski definition) is 7. The Morgan fingerprint density at radius 3 is 2.70 bits per heavy atom. The van der Waals surface area contributed by atoms with Crippen LogP contribution in [0.4, 0.5) is 4.79 Å². The summed E-state index contributed by atoms with van der Waals surface area (Å²) in [6.07, 6.45) is 4.18. The third-order valence-corrected chi connectivity index (χ3v) is 4.73. The molecule has 2 heterocycles. The van der Waals surface area contributed by atoms with Crippen molar-refractivity contribution in [3.8, 4) is 11.4 Å². The van der Waals surface area contributed by atoms with Crippen molar-refractivity contribution in [3.63, 3.8) is 0 Å². The molecule has 1 atom stereocenters. The first kappa shape index (κ1) is 20.8. The fourth-order valence-corrected chi connectivity index (χ4v) is 3.12. The SMILES string of the molecule is CCOCCCn1c(S[C@@H](C)C(=O)NC(=O)NC)nnc1-c1ccncc1. The second kappa shape index (κ2) is 10.6.